The Kier molecular flexibility index (Phi) is 6.27. The van der Waals surface area contributed by atoms with Crippen LogP contribution in [0.4, 0.5) is 11.4 Å². The van der Waals surface area contributed by atoms with Crippen LogP contribution in [0.2, 0.25) is 0 Å². The molecule has 3 nitrogen and oxygen atoms in total. The lowest BCUT2D eigenvalue weighted by Crippen LogP contribution is -2.30. The molecular formula is C27H32N2O. The summed E-state index contributed by atoms with van der Waals surface area (Å²) in [5.74, 6) is 0.953. The highest BCUT2D eigenvalue weighted by atomic mass is 16.5. The fourth-order valence-electron chi connectivity index (χ4n) is 4.07. The monoisotopic (exact) mass is 400 g/mol. The third-order valence-corrected chi connectivity index (χ3v) is 5.85. The standard InChI is InChI=1S/C27H32N2O/c1-4-5-20-30-26-16-10-23(11-17-26)27-28(24-12-6-21(2)7-13-24)18-19-29(27)25-14-8-22(3)9-15-25/h6-17,27H,4-5,18-20H2,1-3H3. The van der Waals surface area contributed by atoms with E-state index in [2.05, 4.69) is 103 Å². The second-order valence-corrected chi connectivity index (χ2v) is 8.20. The molecule has 0 atom stereocenters. The summed E-state index contributed by atoms with van der Waals surface area (Å²) in [4.78, 5) is 5.01. The van der Waals surface area contributed by atoms with Gasteiger partial charge in [-0.2, -0.15) is 0 Å². The maximum absolute atomic E-state index is 5.89. The van der Waals surface area contributed by atoms with Crippen LogP contribution >= 0.6 is 0 Å². The lowest BCUT2D eigenvalue weighted by molar-refractivity contribution is 0.309. The van der Waals surface area contributed by atoms with Crippen LogP contribution in [0.25, 0.3) is 0 Å². The molecule has 0 radical (unpaired) electrons. The fraction of sp³-hybridized carbons (Fsp3) is 0.333. The van der Waals surface area contributed by atoms with Gasteiger partial charge in [0.05, 0.1) is 6.61 Å². The molecule has 1 saturated heterocycles. The van der Waals surface area contributed by atoms with Crippen molar-refractivity contribution in [2.75, 3.05) is 29.5 Å². The summed E-state index contributed by atoms with van der Waals surface area (Å²) in [7, 11) is 0. The van der Waals surface area contributed by atoms with E-state index in [0.717, 1.165) is 38.3 Å². The number of benzene rings is 3. The molecule has 156 valence electrons. The highest BCUT2D eigenvalue weighted by Crippen LogP contribution is 2.38. The molecule has 1 aliphatic heterocycles. The van der Waals surface area contributed by atoms with Crippen LogP contribution in [0.1, 0.15) is 42.6 Å². The zero-order valence-corrected chi connectivity index (χ0v) is 18.3. The average molecular weight is 401 g/mol. The number of anilines is 2. The van der Waals surface area contributed by atoms with Crippen molar-refractivity contribution in [1.29, 1.82) is 0 Å². The van der Waals surface area contributed by atoms with E-state index in [0.29, 0.717) is 0 Å². The predicted octanol–water partition coefficient (Wildman–Crippen LogP) is 6.51. The highest BCUT2D eigenvalue weighted by Gasteiger charge is 2.33. The summed E-state index contributed by atoms with van der Waals surface area (Å²) in [6, 6.07) is 26.4. The molecule has 0 saturated carbocycles. The summed E-state index contributed by atoms with van der Waals surface area (Å²) < 4.78 is 5.89. The van der Waals surface area contributed by atoms with Crippen molar-refractivity contribution in [3.8, 4) is 5.75 Å². The van der Waals surface area contributed by atoms with Gasteiger partial charge in [-0.3, -0.25) is 0 Å². The molecule has 30 heavy (non-hydrogen) atoms. The van der Waals surface area contributed by atoms with Gasteiger partial charge in [-0.1, -0.05) is 60.9 Å². The van der Waals surface area contributed by atoms with Crippen molar-refractivity contribution in [3.05, 3.63) is 89.5 Å². The van der Waals surface area contributed by atoms with Crippen molar-refractivity contribution in [3.63, 3.8) is 0 Å². The van der Waals surface area contributed by atoms with E-state index in [1.54, 1.807) is 0 Å². The summed E-state index contributed by atoms with van der Waals surface area (Å²) in [5, 5.41) is 0. The van der Waals surface area contributed by atoms with Crippen molar-refractivity contribution in [1.82, 2.24) is 0 Å². The molecule has 3 heteroatoms. The quantitative estimate of drug-likeness (QED) is 0.421. The molecule has 0 N–H and O–H groups in total. The molecule has 0 amide bonds. The Labute approximate surface area is 180 Å². The lowest BCUT2D eigenvalue weighted by Gasteiger charge is -2.33. The number of hydrogen-bond acceptors (Lipinski definition) is 3. The normalized spacial score (nSPS) is 14.4. The van der Waals surface area contributed by atoms with Gasteiger partial charge in [-0.05, 0) is 62.2 Å². The first kappa shape index (κ1) is 20.3. The van der Waals surface area contributed by atoms with Crippen LogP contribution in [0.5, 0.6) is 5.75 Å². The summed E-state index contributed by atoms with van der Waals surface area (Å²) in [6.45, 7) is 9.24. The third kappa shape index (κ3) is 4.46. The summed E-state index contributed by atoms with van der Waals surface area (Å²) >= 11 is 0. The Morgan fingerprint density at radius 1 is 0.733 bits per heavy atom. The van der Waals surface area contributed by atoms with Gasteiger partial charge in [-0.15, -0.1) is 0 Å². The molecule has 0 unspecified atom stereocenters. The molecule has 0 bridgehead atoms. The van der Waals surface area contributed by atoms with Gasteiger partial charge >= 0.3 is 0 Å². The average Bonchev–Trinajstić information content (AvgIpc) is 3.20. The minimum Gasteiger partial charge on any atom is -0.494 e. The highest BCUT2D eigenvalue weighted by molar-refractivity contribution is 5.59. The number of unbranched alkanes of at least 4 members (excludes halogenated alkanes) is 1. The van der Waals surface area contributed by atoms with Crippen LogP contribution < -0.4 is 14.5 Å². The number of aryl methyl sites for hydroxylation is 2. The van der Waals surface area contributed by atoms with Gasteiger partial charge < -0.3 is 14.5 Å². The number of hydrogen-bond donors (Lipinski definition) is 0. The van der Waals surface area contributed by atoms with E-state index in [4.69, 9.17) is 4.74 Å². The van der Waals surface area contributed by atoms with Crippen LogP contribution in [0.3, 0.4) is 0 Å². The maximum atomic E-state index is 5.89. The molecule has 0 aliphatic carbocycles. The zero-order valence-electron chi connectivity index (χ0n) is 18.3. The molecule has 1 heterocycles. The van der Waals surface area contributed by atoms with Crippen LogP contribution in [0, 0.1) is 13.8 Å². The molecule has 1 aliphatic rings. The fourth-order valence-corrected chi connectivity index (χ4v) is 4.07. The second-order valence-electron chi connectivity index (χ2n) is 8.20. The minimum atomic E-state index is 0.167. The first-order valence-electron chi connectivity index (χ1n) is 11.0. The largest absolute Gasteiger partial charge is 0.494 e. The van der Waals surface area contributed by atoms with Crippen LogP contribution in [-0.4, -0.2) is 19.7 Å². The van der Waals surface area contributed by atoms with Crippen molar-refractivity contribution >= 4 is 11.4 Å². The van der Waals surface area contributed by atoms with E-state index < -0.39 is 0 Å². The van der Waals surface area contributed by atoms with Crippen molar-refractivity contribution in [2.45, 2.75) is 39.8 Å². The van der Waals surface area contributed by atoms with Crippen LogP contribution in [-0.2, 0) is 0 Å². The van der Waals surface area contributed by atoms with Gasteiger partial charge in [0.2, 0.25) is 0 Å². The van der Waals surface area contributed by atoms with E-state index >= 15 is 0 Å². The van der Waals surface area contributed by atoms with E-state index in [1.807, 2.05) is 0 Å². The Morgan fingerprint density at radius 3 is 1.70 bits per heavy atom. The Bertz CT molecular complexity index is 879. The van der Waals surface area contributed by atoms with Gasteiger partial charge in [0.25, 0.3) is 0 Å². The SMILES string of the molecule is CCCCOc1ccc(C2N(c3ccc(C)cc3)CCN2c2ccc(C)cc2)cc1. The smallest absolute Gasteiger partial charge is 0.128 e. The summed E-state index contributed by atoms with van der Waals surface area (Å²) in [5.41, 5.74) is 6.40. The second kappa shape index (κ2) is 9.25. The number of ether oxygens (including phenoxy) is 1. The molecule has 3 aromatic rings. The molecular weight excluding hydrogens is 368 g/mol. The Morgan fingerprint density at radius 2 is 1.23 bits per heavy atom. The molecule has 0 spiro atoms. The maximum Gasteiger partial charge on any atom is 0.128 e. The predicted molar refractivity (Wildman–Crippen MR) is 127 cm³/mol. The lowest BCUT2D eigenvalue weighted by atomic mass is 10.1. The van der Waals surface area contributed by atoms with Crippen molar-refractivity contribution < 1.29 is 4.74 Å². The molecule has 1 fully saturated rings. The van der Waals surface area contributed by atoms with E-state index in [9.17, 15) is 0 Å². The van der Waals surface area contributed by atoms with E-state index in [-0.39, 0.29) is 6.17 Å². The Balaban J connectivity index is 1.65. The number of rotatable bonds is 7. The number of nitrogens with zero attached hydrogens (tertiary/aromatic N) is 2. The minimum absolute atomic E-state index is 0.167. The van der Waals surface area contributed by atoms with E-state index in [1.165, 1.54) is 28.1 Å². The van der Waals surface area contributed by atoms with Crippen LogP contribution in [0.15, 0.2) is 72.8 Å². The van der Waals surface area contributed by atoms with Crippen molar-refractivity contribution in [2.24, 2.45) is 0 Å². The first-order chi connectivity index (χ1) is 14.7. The topological polar surface area (TPSA) is 15.7 Å². The van der Waals surface area contributed by atoms with Gasteiger partial charge in [0.1, 0.15) is 11.9 Å². The molecule has 3 aromatic carbocycles. The third-order valence-electron chi connectivity index (χ3n) is 5.85. The summed E-state index contributed by atoms with van der Waals surface area (Å²) in [6.07, 6.45) is 2.41. The molecule has 0 aromatic heterocycles. The Hall–Kier alpha value is -2.94. The van der Waals surface area contributed by atoms with Gasteiger partial charge in [0, 0.05) is 24.5 Å². The van der Waals surface area contributed by atoms with Gasteiger partial charge in [0.15, 0.2) is 0 Å². The van der Waals surface area contributed by atoms with Gasteiger partial charge in [-0.25, -0.2) is 0 Å². The zero-order chi connectivity index (χ0) is 20.9. The molecule has 4 rings (SSSR count). The first-order valence-corrected chi connectivity index (χ1v) is 11.0.